The smallest absolute Gasteiger partial charge is 0.185 e. The van der Waals surface area contributed by atoms with Crippen molar-refractivity contribution in [3.8, 4) is 5.75 Å². The van der Waals surface area contributed by atoms with Gasteiger partial charge >= 0.3 is 0 Å². The summed E-state index contributed by atoms with van der Waals surface area (Å²) in [7, 11) is 1.40. The topological polar surface area (TPSA) is 52.3 Å². The van der Waals surface area contributed by atoms with Crippen molar-refractivity contribution in [3.05, 3.63) is 29.1 Å². The third-order valence-corrected chi connectivity index (χ3v) is 2.17. The molecule has 0 aliphatic rings. The predicted octanol–water partition coefficient (Wildman–Crippen LogP) is 1.67. The van der Waals surface area contributed by atoms with E-state index in [-0.39, 0.29) is 11.3 Å². The molecule has 0 aliphatic heterocycles. The fourth-order valence-electron chi connectivity index (χ4n) is 1.38. The van der Waals surface area contributed by atoms with E-state index in [0.717, 1.165) is 0 Å². The molecule has 1 aromatic carbocycles. The number of benzene rings is 1. The van der Waals surface area contributed by atoms with E-state index < -0.39 is 17.6 Å². The maximum Gasteiger partial charge on any atom is 0.185 e. The number of methoxy groups -OCH3 is 1. The highest BCUT2D eigenvalue weighted by Gasteiger charge is 2.21. The lowest BCUT2D eigenvalue weighted by Crippen LogP contribution is -2.28. The standard InChI is InChI=1S/C11H14FNO2/c1-6-4-5-8(12)9(11(6)15-3)10(14)7(2)13/h4-5,7H,13H2,1-3H3. The van der Waals surface area contributed by atoms with Gasteiger partial charge in [0.05, 0.1) is 18.7 Å². The summed E-state index contributed by atoms with van der Waals surface area (Å²) in [6.45, 7) is 3.26. The van der Waals surface area contributed by atoms with E-state index in [0.29, 0.717) is 5.56 Å². The van der Waals surface area contributed by atoms with Gasteiger partial charge in [0.25, 0.3) is 0 Å². The molecule has 1 rings (SSSR count). The highest BCUT2D eigenvalue weighted by molar-refractivity contribution is 6.02. The molecule has 0 spiro atoms. The molecule has 3 nitrogen and oxygen atoms in total. The first-order chi connectivity index (χ1) is 6.99. The lowest BCUT2D eigenvalue weighted by molar-refractivity contribution is 0.0960. The Morgan fingerprint density at radius 1 is 1.53 bits per heavy atom. The zero-order chi connectivity index (χ0) is 11.6. The zero-order valence-corrected chi connectivity index (χ0v) is 9.00. The average Bonchev–Trinajstić information content (AvgIpc) is 2.19. The van der Waals surface area contributed by atoms with Gasteiger partial charge in [-0.1, -0.05) is 6.07 Å². The van der Waals surface area contributed by atoms with Crippen molar-refractivity contribution in [2.24, 2.45) is 5.73 Å². The third-order valence-electron chi connectivity index (χ3n) is 2.17. The summed E-state index contributed by atoms with van der Waals surface area (Å²) in [6, 6.07) is 2.06. The van der Waals surface area contributed by atoms with Gasteiger partial charge in [-0.2, -0.15) is 0 Å². The number of ketones is 1. The Labute approximate surface area is 88.0 Å². The number of halogens is 1. The number of rotatable bonds is 3. The second-order valence-corrected chi connectivity index (χ2v) is 3.43. The molecule has 82 valence electrons. The summed E-state index contributed by atoms with van der Waals surface area (Å²) >= 11 is 0. The molecule has 0 aromatic heterocycles. The first-order valence-electron chi connectivity index (χ1n) is 4.62. The van der Waals surface area contributed by atoms with Crippen LogP contribution in [0.5, 0.6) is 5.75 Å². The molecule has 0 aliphatic carbocycles. The zero-order valence-electron chi connectivity index (χ0n) is 9.00. The molecule has 0 bridgehead atoms. The summed E-state index contributed by atoms with van der Waals surface area (Å²) in [4.78, 5) is 11.7. The lowest BCUT2D eigenvalue weighted by atomic mass is 10.0. The van der Waals surface area contributed by atoms with Crippen molar-refractivity contribution < 1.29 is 13.9 Å². The first kappa shape index (κ1) is 11.7. The number of hydrogen-bond donors (Lipinski definition) is 1. The number of carbonyl (C=O) groups excluding carboxylic acids is 1. The number of aryl methyl sites for hydroxylation is 1. The molecule has 1 atom stereocenters. The van der Waals surface area contributed by atoms with Crippen molar-refractivity contribution in [1.29, 1.82) is 0 Å². The molecule has 1 unspecified atom stereocenters. The van der Waals surface area contributed by atoms with Crippen LogP contribution >= 0.6 is 0 Å². The van der Waals surface area contributed by atoms with Gasteiger partial charge in [-0.3, -0.25) is 4.79 Å². The molecule has 2 N–H and O–H groups in total. The molecule has 1 aromatic rings. The van der Waals surface area contributed by atoms with Crippen LogP contribution in [0.3, 0.4) is 0 Å². The Kier molecular flexibility index (Phi) is 3.42. The molecule has 15 heavy (non-hydrogen) atoms. The Bertz CT molecular complexity index is 388. The minimum absolute atomic E-state index is 0.0625. The SMILES string of the molecule is COc1c(C)ccc(F)c1C(=O)C(C)N. The predicted molar refractivity (Wildman–Crippen MR) is 55.7 cm³/mol. The van der Waals surface area contributed by atoms with Gasteiger partial charge in [-0.25, -0.2) is 4.39 Å². The van der Waals surface area contributed by atoms with Gasteiger partial charge in [0.1, 0.15) is 11.6 Å². The quantitative estimate of drug-likeness (QED) is 0.774. The fraction of sp³-hybridized carbons (Fsp3) is 0.364. The van der Waals surface area contributed by atoms with Crippen LogP contribution in [0.1, 0.15) is 22.8 Å². The summed E-state index contributed by atoms with van der Waals surface area (Å²) in [6.07, 6.45) is 0. The van der Waals surface area contributed by atoms with Crippen LogP contribution in [0.15, 0.2) is 12.1 Å². The Balaban J connectivity index is 3.37. The largest absolute Gasteiger partial charge is 0.496 e. The highest BCUT2D eigenvalue weighted by Crippen LogP contribution is 2.26. The number of carbonyl (C=O) groups is 1. The molecule has 0 radical (unpaired) electrons. The van der Waals surface area contributed by atoms with Crippen LogP contribution in [0.25, 0.3) is 0 Å². The Hall–Kier alpha value is -1.42. The van der Waals surface area contributed by atoms with Crippen LogP contribution in [0.2, 0.25) is 0 Å². The second-order valence-electron chi connectivity index (χ2n) is 3.43. The van der Waals surface area contributed by atoms with E-state index in [1.54, 1.807) is 13.0 Å². The highest BCUT2D eigenvalue weighted by atomic mass is 19.1. The summed E-state index contributed by atoms with van der Waals surface area (Å²) < 4.78 is 18.5. The molecule has 0 amide bonds. The molecule has 0 fully saturated rings. The van der Waals surface area contributed by atoms with Crippen molar-refractivity contribution in [2.75, 3.05) is 7.11 Å². The molecule has 0 heterocycles. The van der Waals surface area contributed by atoms with Crippen LogP contribution in [0.4, 0.5) is 4.39 Å². The maximum atomic E-state index is 13.5. The van der Waals surface area contributed by atoms with Crippen molar-refractivity contribution >= 4 is 5.78 Å². The average molecular weight is 211 g/mol. The molecule has 0 saturated heterocycles. The van der Waals surface area contributed by atoms with Gasteiger partial charge in [-0.15, -0.1) is 0 Å². The maximum absolute atomic E-state index is 13.5. The summed E-state index contributed by atoms with van der Waals surface area (Å²) in [5.41, 5.74) is 6.09. The monoisotopic (exact) mass is 211 g/mol. The minimum Gasteiger partial charge on any atom is -0.496 e. The minimum atomic E-state index is -0.741. The normalized spacial score (nSPS) is 12.3. The van der Waals surface area contributed by atoms with Gasteiger partial charge in [0.2, 0.25) is 0 Å². The van der Waals surface area contributed by atoms with E-state index in [9.17, 15) is 9.18 Å². The first-order valence-corrected chi connectivity index (χ1v) is 4.62. The van der Waals surface area contributed by atoms with Crippen LogP contribution in [0, 0.1) is 12.7 Å². The fourth-order valence-corrected chi connectivity index (χ4v) is 1.38. The van der Waals surface area contributed by atoms with Gasteiger partial charge < -0.3 is 10.5 Å². The summed E-state index contributed by atoms with van der Waals surface area (Å²) in [5, 5.41) is 0. The Morgan fingerprint density at radius 3 is 2.60 bits per heavy atom. The van der Waals surface area contributed by atoms with Crippen LogP contribution in [-0.4, -0.2) is 18.9 Å². The number of Topliss-reactive ketones (excluding diaryl/α,β-unsaturated/α-hetero) is 1. The van der Waals surface area contributed by atoms with Crippen LogP contribution in [-0.2, 0) is 0 Å². The van der Waals surface area contributed by atoms with Crippen molar-refractivity contribution in [3.63, 3.8) is 0 Å². The van der Waals surface area contributed by atoms with E-state index >= 15 is 0 Å². The van der Waals surface area contributed by atoms with E-state index in [1.165, 1.54) is 20.1 Å². The number of ether oxygens (including phenoxy) is 1. The van der Waals surface area contributed by atoms with E-state index in [1.807, 2.05) is 0 Å². The van der Waals surface area contributed by atoms with Gasteiger partial charge in [0, 0.05) is 0 Å². The second kappa shape index (κ2) is 4.40. The molecular formula is C11H14FNO2. The van der Waals surface area contributed by atoms with Crippen molar-refractivity contribution in [2.45, 2.75) is 19.9 Å². The molecule has 4 heteroatoms. The van der Waals surface area contributed by atoms with Gasteiger partial charge in [0.15, 0.2) is 5.78 Å². The Morgan fingerprint density at radius 2 is 2.13 bits per heavy atom. The van der Waals surface area contributed by atoms with E-state index in [2.05, 4.69) is 0 Å². The van der Waals surface area contributed by atoms with E-state index in [4.69, 9.17) is 10.5 Å². The van der Waals surface area contributed by atoms with Gasteiger partial charge in [-0.05, 0) is 25.5 Å². The summed E-state index contributed by atoms with van der Waals surface area (Å²) in [5.74, 6) is -0.787. The third kappa shape index (κ3) is 2.15. The molecular weight excluding hydrogens is 197 g/mol. The molecule has 0 saturated carbocycles. The van der Waals surface area contributed by atoms with Crippen molar-refractivity contribution in [1.82, 2.24) is 0 Å². The van der Waals surface area contributed by atoms with Crippen LogP contribution < -0.4 is 10.5 Å². The number of hydrogen-bond acceptors (Lipinski definition) is 3. The lowest BCUT2D eigenvalue weighted by Gasteiger charge is -2.12. The number of nitrogens with two attached hydrogens (primary N) is 1.